The van der Waals surface area contributed by atoms with E-state index in [1.165, 1.54) is 12.7 Å². The molecule has 10 nitrogen and oxygen atoms in total. The van der Waals surface area contributed by atoms with Gasteiger partial charge in [0.2, 0.25) is 6.29 Å². The first-order valence-electron chi connectivity index (χ1n) is 11.2. The molecule has 186 valence electrons. The van der Waals surface area contributed by atoms with E-state index in [0.29, 0.717) is 11.5 Å². The number of hydrogen-bond donors (Lipinski definition) is 1. The Morgan fingerprint density at radius 3 is 2.23 bits per heavy atom. The summed E-state index contributed by atoms with van der Waals surface area (Å²) in [6.45, 7) is 3.86. The lowest BCUT2D eigenvalue weighted by atomic mass is 9.99. The molecule has 1 aliphatic rings. The molecule has 35 heavy (non-hydrogen) atoms. The molecule has 0 bridgehead atoms. The van der Waals surface area contributed by atoms with Crippen LogP contribution in [-0.4, -0.2) is 72.9 Å². The number of anilines is 1. The van der Waals surface area contributed by atoms with Crippen LogP contribution < -0.4 is 5.32 Å². The van der Waals surface area contributed by atoms with Crippen molar-refractivity contribution in [3.63, 3.8) is 0 Å². The number of nitrogens with zero attached hydrogens (tertiary/aromatic N) is 3. The summed E-state index contributed by atoms with van der Waals surface area (Å²) >= 11 is 0. The van der Waals surface area contributed by atoms with Crippen molar-refractivity contribution in [2.75, 3.05) is 26.6 Å². The molecule has 0 radical (unpaired) electrons. The normalized spacial score (nSPS) is 24.2. The van der Waals surface area contributed by atoms with Crippen LogP contribution in [0, 0.1) is 6.92 Å². The Morgan fingerprint density at radius 1 is 0.943 bits per heavy atom. The summed E-state index contributed by atoms with van der Waals surface area (Å²) in [4.78, 5) is 17.0. The van der Waals surface area contributed by atoms with Crippen LogP contribution in [0.5, 0.6) is 0 Å². The second-order valence-corrected chi connectivity index (χ2v) is 8.27. The van der Waals surface area contributed by atoms with Gasteiger partial charge in [0.25, 0.3) is 0 Å². The number of aryl methyl sites for hydroxylation is 1. The number of methoxy groups -OCH3 is 3. The fraction of sp³-hybridized carbons (Fsp3) is 0.400. The number of hydrogen-bond acceptors (Lipinski definition) is 8. The van der Waals surface area contributed by atoms with Gasteiger partial charge in [-0.15, -0.1) is 5.10 Å². The van der Waals surface area contributed by atoms with Crippen molar-refractivity contribution in [3.8, 4) is 17.1 Å². The van der Waals surface area contributed by atoms with Crippen LogP contribution >= 0.6 is 0 Å². The first-order chi connectivity index (χ1) is 16.9. The molecule has 3 aromatic rings. The van der Waals surface area contributed by atoms with E-state index in [9.17, 15) is 4.79 Å². The van der Waals surface area contributed by atoms with Crippen molar-refractivity contribution >= 4 is 11.8 Å². The molecule has 0 saturated carbocycles. The summed E-state index contributed by atoms with van der Waals surface area (Å²) in [7, 11) is 4.63. The lowest BCUT2D eigenvalue weighted by Crippen LogP contribution is -2.59. The summed E-state index contributed by atoms with van der Waals surface area (Å²) < 4.78 is 29.5. The predicted octanol–water partition coefficient (Wildman–Crippen LogP) is 3.58. The molecule has 10 heteroatoms. The molecule has 1 fully saturated rings. The maximum atomic E-state index is 12.6. The second kappa shape index (κ2) is 11.0. The smallest absolute Gasteiger partial charge is 0.414 e. The van der Waals surface area contributed by atoms with Crippen LogP contribution in [0.15, 0.2) is 54.9 Å². The van der Waals surface area contributed by atoms with E-state index in [1.54, 1.807) is 37.4 Å². The number of ether oxygens (including phenoxy) is 5. The largest absolute Gasteiger partial charge is 0.416 e. The SMILES string of the molecule is CO[C@@H]1[C@@H](OC)[C@H](C)O[C@@H](OC(=O)Nc2ccc(-c3ncn(-c4ccc(C)cc4)n3)cc2)[C@@H]1OC. The third kappa shape index (κ3) is 5.51. The van der Waals surface area contributed by atoms with Crippen LogP contribution in [0.25, 0.3) is 17.1 Å². The highest BCUT2D eigenvalue weighted by Gasteiger charge is 2.47. The standard InChI is InChI=1S/C25H30N4O6/c1-15-6-12-19(13-7-15)29-14-26-23(28-29)17-8-10-18(11-9-17)27-25(30)35-24-22(33-5)21(32-4)20(31-3)16(2)34-24/h6-14,16,20-22,24H,1-5H3,(H,27,30)/t16-,20-,21+,22+,24-/m0/s1. The Bertz CT molecular complexity index is 1120. The molecule has 5 atom stereocenters. The zero-order valence-electron chi connectivity index (χ0n) is 20.4. The van der Waals surface area contributed by atoms with Gasteiger partial charge in [0, 0.05) is 32.6 Å². The monoisotopic (exact) mass is 482 g/mol. The van der Waals surface area contributed by atoms with Gasteiger partial charge in [0.1, 0.15) is 24.6 Å². The molecule has 2 heterocycles. The fourth-order valence-corrected chi connectivity index (χ4v) is 4.08. The van der Waals surface area contributed by atoms with Gasteiger partial charge in [-0.3, -0.25) is 5.32 Å². The molecule has 0 aliphatic carbocycles. The van der Waals surface area contributed by atoms with Gasteiger partial charge in [0.15, 0.2) is 5.82 Å². The van der Waals surface area contributed by atoms with Gasteiger partial charge >= 0.3 is 6.09 Å². The number of carbonyl (C=O) groups is 1. The minimum Gasteiger partial charge on any atom is -0.416 e. The average Bonchev–Trinajstić information content (AvgIpc) is 3.34. The minimum absolute atomic E-state index is 0.358. The van der Waals surface area contributed by atoms with Crippen LogP contribution in [-0.2, 0) is 23.7 Å². The number of aromatic nitrogens is 3. The first-order valence-corrected chi connectivity index (χ1v) is 11.2. The Labute approximate surface area is 204 Å². The van der Waals surface area contributed by atoms with Crippen LogP contribution in [0.2, 0.25) is 0 Å². The Morgan fingerprint density at radius 2 is 1.60 bits per heavy atom. The highest BCUT2D eigenvalue weighted by molar-refractivity contribution is 5.85. The number of rotatable bonds is 7. The van der Waals surface area contributed by atoms with E-state index in [1.807, 2.05) is 50.2 Å². The van der Waals surface area contributed by atoms with E-state index in [4.69, 9.17) is 23.7 Å². The Hall–Kier alpha value is -3.31. The maximum absolute atomic E-state index is 12.6. The molecule has 2 aromatic carbocycles. The molecule has 1 N–H and O–H groups in total. The van der Waals surface area contributed by atoms with Crippen molar-refractivity contribution < 1.29 is 28.5 Å². The maximum Gasteiger partial charge on any atom is 0.414 e. The lowest BCUT2D eigenvalue weighted by molar-refractivity contribution is -0.288. The number of carbonyl (C=O) groups excluding carboxylic acids is 1. The number of nitrogens with one attached hydrogen (secondary N) is 1. The molecule has 0 unspecified atom stereocenters. The van der Waals surface area contributed by atoms with Gasteiger partial charge in [-0.05, 0) is 50.2 Å². The van der Waals surface area contributed by atoms with Gasteiger partial charge in [-0.25, -0.2) is 14.5 Å². The molecule has 1 aromatic heterocycles. The fourth-order valence-electron chi connectivity index (χ4n) is 4.08. The van der Waals surface area contributed by atoms with E-state index in [0.717, 1.165) is 11.3 Å². The molecule has 0 spiro atoms. The molecule has 1 saturated heterocycles. The third-order valence-corrected chi connectivity index (χ3v) is 5.95. The van der Waals surface area contributed by atoms with Crippen molar-refractivity contribution in [2.24, 2.45) is 0 Å². The first kappa shape index (κ1) is 24.8. The van der Waals surface area contributed by atoms with Crippen molar-refractivity contribution in [2.45, 2.75) is 44.6 Å². The minimum atomic E-state index is -0.958. The third-order valence-electron chi connectivity index (χ3n) is 5.95. The quantitative estimate of drug-likeness (QED) is 0.545. The number of amides is 1. The Balaban J connectivity index is 1.39. The van der Waals surface area contributed by atoms with Crippen molar-refractivity contribution in [3.05, 3.63) is 60.4 Å². The van der Waals surface area contributed by atoms with Gasteiger partial charge in [-0.2, -0.15) is 0 Å². The second-order valence-electron chi connectivity index (χ2n) is 8.27. The van der Waals surface area contributed by atoms with Gasteiger partial charge in [0.05, 0.1) is 11.8 Å². The highest BCUT2D eigenvalue weighted by atomic mass is 16.7. The topological polar surface area (TPSA) is 106 Å². The highest BCUT2D eigenvalue weighted by Crippen LogP contribution is 2.28. The summed E-state index contributed by atoms with van der Waals surface area (Å²) in [5, 5.41) is 7.25. The zero-order chi connectivity index (χ0) is 24.9. The molecule has 4 rings (SSSR count). The summed E-state index contributed by atoms with van der Waals surface area (Å²) in [6.07, 6.45) is -1.79. The molecular weight excluding hydrogens is 452 g/mol. The predicted molar refractivity (Wildman–Crippen MR) is 128 cm³/mol. The van der Waals surface area contributed by atoms with Gasteiger partial charge in [-0.1, -0.05) is 17.7 Å². The van der Waals surface area contributed by atoms with E-state index >= 15 is 0 Å². The van der Waals surface area contributed by atoms with Crippen LogP contribution in [0.1, 0.15) is 12.5 Å². The van der Waals surface area contributed by atoms with E-state index < -0.39 is 24.6 Å². The number of benzene rings is 2. The summed E-state index contributed by atoms with van der Waals surface area (Å²) in [6, 6.07) is 15.2. The Kier molecular flexibility index (Phi) is 7.76. The van der Waals surface area contributed by atoms with E-state index in [-0.39, 0.29) is 12.2 Å². The lowest BCUT2D eigenvalue weighted by Gasteiger charge is -2.43. The average molecular weight is 483 g/mol. The molecule has 1 amide bonds. The van der Waals surface area contributed by atoms with Crippen LogP contribution in [0.3, 0.4) is 0 Å². The van der Waals surface area contributed by atoms with Crippen molar-refractivity contribution in [1.82, 2.24) is 14.8 Å². The van der Waals surface area contributed by atoms with E-state index in [2.05, 4.69) is 15.4 Å². The summed E-state index contributed by atoms with van der Waals surface area (Å²) in [5.74, 6) is 0.575. The zero-order valence-corrected chi connectivity index (χ0v) is 20.4. The van der Waals surface area contributed by atoms with Crippen molar-refractivity contribution in [1.29, 1.82) is 0 Å². The summed E-state index contributed by atoms with van der Waals surface area (Å²) in [5.41, 5.74) is 3.46. The molecule has 1 aliphatic heterocycles. The van der Waals surface area contributed by atoms with Crippen LogP contribution in [0.4, 0.5) is 10.5 Å². The molecular formula is C25H30N4O6. The van der Waals surface area contributed by atoms with Gasteiger partial charge < -0.3 is 23.7 Å².